The summed E-state index contributed by atoms with van der Waals surface area (Å²) in [4.78, 5) is 25.3. The number of sulfone groups is 1. The summed E-state index contributed by atoms with van der Waals surface area (Å²) in [6.07, 6.45) is 0.610. The molecule has 0 bridgehead atoms. The van der Waals surface area contributed by atoms with Crippen LogP contribution in [0.5, 0.6) is 0 Å². The van der Waals surface area contributed by atoms with Crippen LogP contribution in [0.2, 0.25) is 5.02 Å². The van der Waals surface area contributed by atoms with Crippen LogP contribution in [0, 0.1) is 0 Å². The molecule has 3 heterocycles. The van der Waals surface area contributed by atoms with Gasteiger partial charge in [-0.2, -0.15) is 5.10 Å². The van der Waals surface area contributed by atoms with E-state index in [9.17, 15) is 18.0 Å². The number of hydrazone groups is 1. The topological polar surface area (TPSA) is 93.1 Å². The fourth-order valence-electron chi connectivity index (χ4n) is 3.34. The largest absolute Gasteiger partial charge is 0.455 e. The Labute approximate surface area is 170 Å². The molecule has 0 saturated carbocycles. The first-order valence-corrected chi connectivity index (χ1v) is 11.8. The minimum atomic E-state index is -3.16. The first-order chi connectivity index (χ1) is 13.3. The summed E-state index contributed by atoms with van der Waals surface area (Å²) < 4.78 is 29.7. The summed E-state index contributed by atoms with van der Waals surface area (Å²) in [7, 11) is -3.16. The van der Waals surface area contributed by atoms with E-state index in [1.807, 2.05) is 24.3 Å². The maximum atomic E-state index is 12.4. The lowest BCUT2D eigenvalue weighted by Gasteiger charge is -2.27. The summed E-state index contributed by atoms with van der Waals surface area (Å²) in [5.41, 5.74) is 0.126. The highest BCUT2D eigenvalue weighted by molar-refractivity contribution is 7.91. The molecule has 0 unspecified atom stereocenters. The monoisotopic (exact) mass is 440 g/mol. The molecule has 2 aliphatic rings. The maximum Gasteiger partial charge on any atom is 0.354 e. The third kappa shape index (κ3) is 3.78. The summed E-state index contributed by atoms with van der Waals surface area (Å²) in [6.45, 7) is 0.0157. The number of halogens is 1. The number of benzene rings is 1. The summed E-state index contributed by atoms with van der Waals surface area (Å²) in [6, 6.07) is 7.14. The molecule has 1 aromatic heterocycles. The van der Waals surface area contributed by atoms with Crippen molar-refractivity contribution < 1.29 is 22.7 Å². The van der Waals surface area contributed by atoms with Crippen LogP contribution in [0.1, 0.15) is 24.1 Å². The Morgan fingerprint density at radius 2 is 2.11 bits per heavy atom. The fraction of sp³-hybridized carbons (Fsp3) is 0.389. The van der Waals surface area contributed by atoms with Crippen molar-refractivity contribution in [3.63, 3.8) is 0 Å². The number of carbonyl (C=O) groups is 2. The van der Waals surface area contributed by atoms with Crippen molar-refractivity contribution >= 4 is 60.4 Å². The molecule has 0 radical (unpaired) electrons. The Morgan fingerprint density at radius 3 is 2.82 bits per heavy atom. The van der Waals surface area contributed by atoms with Gasteiger partial charge >= 0.3 is 5.97 Å². The van der Waals surface area contributed by atoms with Crippen LogP contribution in [0.3, 0.4) is 0 Å². The van der Waals surface area contributed by atoms with Crippen LogP contribution >= 0.6 is 22.9 Å². The smallest absolute Gasteiger partial charge is 0.354 e. The number of thiophene rings is 1. The Bertz CT molecular complexity index is 1090. The van der Waals surface area contributed by atoms with Gasteiger partial charge in [-0.15, -0.1) is 11.3 Å². The fourth-order valence-corrected chi connectivity index (χ4v) is 6.44. The quantitative estimate of drug-likeness (QED) is 0.681. The van der Waals surface area contributed by atoms with Crippen molar-refractivity contribution in [3.05, 3.63) is 34.2 Å². The molecule has 28 heavy (non-hydrogen) atoms. The Kier molecular flexibility index (Phi) is 5.15. The zero-order valence-corrected chi connectivity index (χ0v) is 17.1. The van der Waals surface area contributed by atoms with Crippen LogP contribution in [0.4, 0.5) is 0 Å². The van der Waals surface area contributed by atoms with Crippen LogP contribution in [-0.4, -0.2) is 48.6 Å². The summed E-state index contributed by atoms with van der Waals surface area (Å²) in [5.74, 6) is -0.985. The van der Waals surface area contributed by atoms with E-state index in [0.717, 1.165) is 20.0 Å². The van der Waals surface area contributed by atoms with Crippen LogP contribution in [0.25, 0.3) is 10.1 Å². The molecule has 1 aromatic carbocycles. The Morgan fingerprint density at radius 1 is 1.32 bits per heavy atom. The van der Waals surface area contributed by atoms with Crippen molar-refractivity contribution in [2.24, 2.45) is 5.10 Å². The van der Waals surface area contributed by atoms with Gasteiger partial charge in [0.05, 0.1) is 27.4 Å². The van der Waals surface area contributed by atoms with Crippen molar-refractivity contribution in [1.82, 2.24) is 5.01 Å². The van der Waals surface area contributed by atoms with Crippen molar-refractivity contribution in [2.75, 3.05) is 11.5 Å². The molecule has 2 aliphatic heterocycles. The molecular weight excluding hydrogens is 424 g/mol. The molecule has 1 saturated heterocycles. The van der Waals surface area contributed by atoms with Gasteiger partial charge in [-0.05, 0) is 12.5 Å². The summed E-state index contributed by atoms with van der Waals surface area (Å²) in [5, 5.41) is 6.74. The number of ether oxygens (including phenoxy) is 1. The molecular formula is C18H17ClN2O5S2. The molecule has 148 valence electrons. The van der Waals surface area contributed by atoms with Crippen LogP contribution < -0.4 is 0 Å². The Balaban J connectivity index is 1.47. The van der Waals surface area contributed by atoms with E-state index in [0.29, 0.717) is 11.4 Å². The minimum Gasteiger partial charge on any atom is -0.455 e. The van der Waals surface area contributed by atoms with Gasteiger partial charge in [0.1, 0.15) is 12.3 Å². The van der Waals surface area contributed by atoms with E-state index in [4.69, 9.17) is 16.3 Å². The van der Waals surface area contributed by atoms with Crippen molar-refractivity contribution in [3.8, 4) is 0 Å². The predicted octanol–water partition coefficient (Wildman–Crippen LogP) is 2.76. The highest BCUT2D eigenvalue weighted by Gasteiger charge is 2.37. The summed E-state index contributed by atoms with van der Waals surface area (Å²) >= 11 is 7.81. The lowest BCUT2D eigenvalue weighted by atomic mass is 10.1. The molecule has 0 aliphatic carbocycles. The number of hydrogen-bond acceptors (Lipinski definition) is 7. The molecule has 1 atom stereocenters. The Hall–Kier alpha value is -1.97. The van der Waals surface area contributed by atoms with Gasteiger partial charge in [-0.1, -0.05) is 29.8 Å². The van der Waals surface area contributed by atoms with Gasteiger partial charge in [-0.3, -0.25) is 4.79 Å². The standard InChI is InChI=1S/C18H17ClN2O5S2/c19-17-12-3-1-2-4-14(12)27-15(17)9-26-18(23)13-5-6-16(22)21(20-13)11-7-8-28(24,25)10-11/h1-4,11H,5-10H2/t11-/m1/s1. The zero-order valence-electron chi connectivity index (χ0n) is 14.8. The van der Waals surface area contributed by atoms with Gasteiger partial charge < -0.3 is 4.74 Å². The maximum absolute atomic E-state index is 12.4. The molecule has 1 amide bonds. The number of fused-ring (bicyclic) bond motifs is 1. The minimum absolute atomic E-state index is 0.0157. The number of hydrogen-bond donors (Lipinski definition) is 0. The van der Waals surface area contributed by atoms with Gasteiger partial charge in [0.15, 0.2) is 9.84 Å². The van der Waals surface area contributed by atoms with E-state index in [1.54, 1.807) is 0 Å². The second-order valence-corrected chi connectivity index (χ2v) is 10.5. The molecule has 7 nitrogen and oxygen atoms in total. The number of rotatable bonds is 4. The third-order valence-electron chi connectivity index (χ3n) is 4.79. The van der Waals surface area contributed by atoms with E-state index in [2.05, 4.69) is 5.10 Å². The highest BCUT2D eigenvalue weighted by atomic mass is 35.5. The number of nitrogens with zero attached hydrogens (tertiary/aromatic N) is 2. The predicted molar refractivity (Wildman–Crippen MR) is 107 cm³/mol. The first kappa shape index (κ1) is 19.4. The van der Waals surface area contributed by atoms with E-state index in [1.165, 1.54) is 11.3 Å². The van der Waals surface area contributed by atoms with Gasteiger partial charge in [-0.25, -0.2) is 18.2 Å². The van der Waals surface area contributed by atoms with Crippen molar-refractivity contribution in [2.45, 2.75) is 31.9 Å². The van der Waals surface area contributed by atoms with Gasteiger partial charge in [0.2, 0.25) is 5.91 Å². The van der Waals surface area contributed by atoms with Gasteiger partial charge in [0, 0.05) is 22.9 Å². The van der Waals surface area contributed by atoms with Crippen LogP contribution in [-0.2, 0) is 30.8 Å². The second-order valence-electron chi connectivity index (χ2n) is 6.75. The van der Waals surface area contributed by atoms with Crippen molar-refractivity contribution in [1.29, 1.82) is 0 Å². The SMILES string of the molecule is O=C(OCc1sc2ccccc2c1Cl)C1=NN([C@@H]2CCS(=O)(=O)C2)C(=O)CC1. The lowest BCUT2D eigenvalue weighted by molar-refractivity contribution is -0.138. The molecule has 0 spiro atoms. The molecule has 2 aromatic rings. The molecule has 10 heteroatoms. The average Bonchev–Trinajstić information content (AvgIpc) is 3.19. The molecule has 4 rings (SSSR count). The average molecular weight is 441 g/mol. The van der Waals surface area contributed by atoms with E-state index in [-0.39, 0.29) is 42.6 Å². The molecule has 1 fully saturated rings. The number of amides is 1. The lowest BCUT2D eigenvalue weighted by Crippen LogP contribution is -2.42. The van der Waals surface area contributed by atoms with Gasteiger partial charge in [0.25, 0.3) is 0 Å². The second kappa shape index (κ2) is 7.46. The first-order valence-electron chi connectivity index (χ1n) is 8.77. The third-order valence-corrected chi connectivity index (χ3v) is 8.22. The number of carbonyl (C=O) groups excluding carboxylic acids is 2. The normalized spacial score (nSPS) is 21.8. The highest BCUT2D eigenvalue weighted by Crippen LogP contribution is 2.35. The molecule has 0 N–H and O–H groups in total. The van der Waals surface area contributed by atoms with Crippen LogP contribution in [0.15, 0.2) is 29.4 Å². The van der Waals surface area contributed by atoms with E-state index >= 15 is 0 Å². The van der Waals surface area contributed by atoms with E-state index < -0.39 is 21.8 Å². The number of esters is 1. The zero-order chi connectivity index (χ0) is 19.9.